The summed E-state index contributed by atoms with van der Waals surface area (Å²) >= 11 is 0. The van der Waals surface area contributed by atoms with Crippen molar-refractivity contribution in [3.63, 3.8) is 0 Å². The van der Waals surface area contributed by atoms with Crippen molar-refractivity contribution in [3.05, 3.63) is 75.5 Å². The molecule has 2 saturated carbocycles. The SMILES string of the molecule is C1CCCC1.C[C@H](C1CCC(P(c2ccccc2)c2ccccc2)C1C=O)N(C)C.[CH3-].[CH3-].[Fe+2]. The molecule has 0 radical (unpaired) electrons. The van der Waals surface area contributed by atoms with E-state index in [4.69, 9.17) is 0 Å². The Balaban J connectivity index is 0.00000114. The second-order valence-electron chi connectivity index (χ2n) is 9.04. The van der Waals surface area contributed by atoms with Crippen LogP contribution in [0.3, 0.4) is 0 Å². The van der Waals surface area contributed by atoms with E-state index in [2.05, 4.69) is 86.6 Å². The number of aldehydes is 1. The maximum Gasteiger partial charge on any atom is 2.00 e. The van der Waals surface area contributed by atoms with Gasteiger partial charge < -0.3 is 24.5 Å². The molecular weight excluding hydrogens is 465 g/mol. The summed E-state index contributed by atoms with van der Waals surface area (Å²) in [5.41, 5.74) is 0.435. The first-order valence-electron chi connectivity index (χ1n) is 11.6. The van der Waals surface area contributed by atoms with Gasteiger partial charge in [0.25, 0.3) is 0 Å². The number of nitrogens with zero attached hydrogens (tertiary/aromatic N) is 1. The normalized spacial score (nSPS) is 22.3. The van der Waals surface area contributed by atoms with Gasteiger partial charge in [0.1, 0.15) is 6.29 Å². The van der Waals surface area contributed by atoms with Gasteiger partial charge in [0.05, 0.1) is 0 Å². The molecule has 0 N–H and O–H groups in total. The number of benzene rings is 2. The molecule has 0 saturated heterocycles. The molecule has 2 aromatic carbocycles. The fourth-order valence-electron chi connectivity index (χ4n) is 5.07. The van der Waals surface area contributed by atoms with E-state index in [0.29, 0.717) is 17.6 Å². The standard InChI is InChI=1S/C22H28NOP.C5H10.2CH3.Fe/c1-17(23(2)3)20-14-15-22(21(20)16-24)25(18-10-6-4-7-11-18)19-12-8-5-9-13-19;1-2-4-5-3-1;;;/h4-13,16-17,20-22H,14-15H2,1-3H3;1-5H2;2*1H3;/q;;2*-1;+2/t17-,20?,21?,22?;;;;/m1..../s1. The molecule has 33 heavy (non-hydrogen) atoms. The van der Waals surface area contributed by atoms with E-state index in [0.717, 1.165) is 12.8 Å². The minimum Gasteiger partial charge on any atom is -0.358 e. The Labute approximate surface area is 216 Å². The summed E-state index contributed by atoms with van der Waals surface area (Å²) in [5.74, 6) is 0.596. The van der Waals surface area contributed by atoms with Crippen LogP contribution in [0.15, 0.2) is 60.7 Å². The molecule has 2 fully saturated rings. The van der Waals surface area contributed by atoms with E-state index in [9.17, 15) is 4.79 Å². The van der Waals surface area contributed by atoms with Crippen LogP contribution >= 0.6 is 7.92 Å². The minimum absolute atomic E-state index is 0. The van der Waals surface area contributed by atoms with Gasteiger partial charge in [-0.1, -0.05) is 92.8 Å². The summed E-state index contributed by atoms with van der Waals surface area (Å²) in [6, 6.07) is 22.0. The molecule has 4 heteroatoms. The Morgan fingerprint density at radius 3 is 1.61 bits per heavy atom. The summed E-state index contributed by atoms with van der Waals surface area (Å²) < 4.78 is 0. The maximum absolute atomic E-state index is 12.1. The molecule has 2 aliphatic rings. The molecule has 0 bridgehead atoms. The van der Waals surface area contributed by atoms with Crippen molar-refractivity contribution in [2.75, 3.05) is 14.1 Å². The second kappa shape index (κ2) is 16.6. The van der Waals surface area contributed by atoms with Crippen LogP contribution in [0.2, 0.25) is 0 Å². The average molecular weight is 509 g/mol. The van der Waals surface area contributed by atoms with Gasteiger partial charge in [-0.2, -0.15) is 0 Å². The summed E-state index contributed by atoms with van der Waals surface area (Å²) in [6.45, 7) is 2.26. The minimum atomic E-state index is -0.518. The average Bonchev–Trinajstić information content (AvgIpc) is 3.48. The Morgan fingerprint density at radius 2 is 1.24 bits per heavy atom. The second-order valence-corrected chi connectivity index (χ2v) is 11.5. The monoisotopic (exact) mass is 509 g/mol. The summed E-state index contributed by atoms with van der Waals surface area (Å²) in [6.07, 6.45) is 11.0. The van der Waals surface area contributed by atoms with Gasteiger partial charge >= 0.3 is 17.1 Å². The fraction of sp³-hybridized carbons (Fsp3) is 0.483. The molecule has 0 spiro atoms. The van der Waals surface area contributed by atoms with Gasteiger partial charge in [0, 0.05) is 12.0 Å². The molecule has 4 atom stereocenters. The summed E-state index contributed by atoms with van der Waals surface area (Å²) in [7, 11) is 3.73. The van der Waals surface area contributed by atoms with Gasteiger partial charge in [0.15, 0.2) is 0 Å². The third-order valence-electron chi connectivity index (χ3n) is 6.98. The Bertz CT molecular complexity index is 704. The topological polar surface area (TPSA) is 20.3 Å². The van der Waals surface area contributed by atoms with Crippen LogP contribution < -0.4 is 10.6 Å². The Kier molecular flexibility index (Phi) is 16.1. The van der Waals surface area contributed by atoms with Crippen molar-refractivity contribution >= 4 is 24.8 Å². The third kappa shape index (κ3) is 8.63. The fourth-order valence-corrected chi connectivity index (χ4v) is 8.16. The van der Waals surface area contributed by atoms with Gasteiger partial charge in [-0.3, -0.25) is 0 Å². The first-order chi connectivity index (χ1) is 14.6. The van der Waals surface area contributed by atoms with E-state index >= 15 is 0 Å². The third-order valence-corrected chi connectivity index (χ3v) is 9.95. The van der Waals surface area contributed by atoms with Crippen LogP contribution in [-0.2, 0) is 21.9 Å². The van der Waals surface area contributed by atoms with Crippen molar-refractivity contribution in [2.45, 2.75) is 63.6 Å². The zero-order valence-corrected chi connectivity index (χ0v) is 23.3. The van der Waals surface area contributed by atoms with Gasteiger partial charge in [-0.05, 0) is 64.0 Å². The van der Waals surface area contributed by atoms with Crippen LogP contribution in [0, 0.1) is 26.7 Å². The van der Waals surface area contributed by atoms with Crippen molar-refractivity contribution in [2.24, 2.45) is 11.8 Å². The first-order valence-corrected chi connectivity index (χ1v) is 13.1. The zero-order valence-electron chi connectivity index (χ0n) is 21.3. The molecule has 0 amide bonds. The molecule has 0 aliphatic heterocycles. The number of rotatable bonds is 6. The number of carbonyl (C=O) groups is 1. The smallest absolute Gasteiger partial charge is 0.358 e. The van der Waals surface area contributed by atoms with Crippen LogP contribution in [0.4, 0.5) is 0 Å². The molecule has 3 unspecified atom stereocenters. The molecule has 184 valence electrons. The summed E-state index contributed by atoms with van der Waals surface area (Å²) in [5, 5.41) is 2.78. The Morgan fingerprint density at radius 1 is 0.818 bits per heavy atom. The van der Waals surface area contributed by atoms with E-state index in [-0.39, 0.29) is 37.8 Å². The van der Waals surface area contributed by atoms with E-state index in [1.807, 2.05) is 0 Å². The predicted octanol–water partition coefficient (Wildman–Crippen LogP) is 6.51. The van der Waals surface area contributed by atoms with Gasteiger partial charge in [-0.25, -0.2) is 0 Å². The number of carbonyl (C=O) groups excluding carboxylic acids is 1. The van der Waals surface area contributed by atoms with E-state index in [1.54, 1.807) is 0 Å². The van der Waals surface area contributed by atoms with Crippen molar-refractivity contribution in [3.8, 4) is 0 Å². The van der Waals surface area contributed by atoms with Crippen LogP contribution in [0.25, 0.3) is 0 Å². The predicted molar refractivity (Wildman–Crippen MR) is 144 cm³/mol. The van der Waals surface area contributed by atoms with Crippen LogP contribution in [0.5, 0.6) is 0 Å². The van der Waals surface area contributed by atoms with E-state index in [1.165, 1.54) is 49.0 Å². The molecule has 2 aliphatic carbocycles. The summed E-state index contributed by atoms with van der Waals surface area (Å²) in [4.78, 5) is 14.4. The van der Waals surface area contributed by atoms with Gasteiger partial charge in [0.2, 0.25) is 0 Å². The molecule has 0 heterocycles. The maximum atomic E-state index is 12.1. The van der Waals surface area contributed by atoms with Gasteiger partial charge in [-0.15, -0.1) is 0 Å². The quantitative estimate of drug-likeness (QED) is 0.192. The van der Waals surface area contributed by atoms with Crippen molar-refractivity contribution < 1.29 is 21.9 Å². The Hall–Kier alpha value is -0.981. The van der Waals surface area contributed by atoms with Crippen LogP contribution in [0.1, 0.15) is 51.9 Å². The molecule has 4 rings (SSSR count). The largest absolute Gasteiger partial charge is 2.00 e. The van der Waals surface area contributed by atoms with Crippen molar-refractivity contribution in [1.29, 1.82) is 0 Å². The molecule has 0 aromatic heterocycles. The first kappa shape index (κ1) is 32.0. The molecular formula is C29H44FeNOP. The van der Waals surface area contributed by atoms with E-state index < -0.39 is 7.92 Å². The number of hydrogen-bond donors (Lipinski definition) is 0. The molecule has 2 aromatic rings. The van der Waals surface area contributed by atoms with Crippen molar-refractivity contribution in [1.82, 2.24) is 4.90 Å². The number of hydrogen-bond acceptors (Lipinski definition) is 2. The zero-order chi connectivity index (χ0) is 21.3. The van der Waals surface area contributed by atoms with Crippen LogP contribution in [-0.4, -0.2) is 37.0 Å². The molecule has 2 nitrogen and oxygen atoms in total.